The summed E-state index contributed by atoms with van der Waals surface area (Å²) in [5.41, 5.74) is 0.201. The smallest absolute Gasteiger partial charge is 0.387 e. The number of halogens is 2. The molecule has 22 heavy (non-hydrogen) atoms. The highest BCUT2D eigenvalue weighted by Gasteiger charge is 2.33. The van der Waals surface area contributed by atoms with Gasteiger partial charge in [0.1, 0.15) is 5.75 Å². The van der Waals surface area contributed by atoms with Gasteiger partial charge >= 0.3 is 6.61 Å². The lowest BCUT2D eigenvalue weighted by Crippen LogP contribution is -2.41. The maximum Gasteiger partial charge on any atom is 0.387 e. The van der Waals surface area contributed by atoms with Crippen LogP contribution in [0.5, 0.6) is 5.75 Å². The first-order chi connectivity index (χ1) is 10.4. The lowest BCUT2D eigenvalue weighted by Gasteiger charge is -2.23. The first kappa shape index (κ1) is 16.6. The average Bonchev–Trinajstić information content (AvgIpc) is 2.79. The van der Waals surface area contributed by atoms with E-state index in [0.29, 0.717) is 13.1 Å². The molecule has 1 aromatic carbocycles. The van der Waals surface area contributed by atoms with E-state index in [0.717, 1.165) is 0 Å². The van der Waals surface area contributed by atoms with Crippen molar-refractivity contribution >= 4 is 11.6 Å². The predicted molar refractivity (Wildman–Crippen MR) is 77.9 cm³/mol. The minimum Gasteiger partial charge on any atom is -0.433 e. The van der Waals surface area contributed by atoms with Crippen LogP contribution in [0.25, 0.3) is 0 Å². The van der Waals surface area contributed by atoms with Crippen molar-refractivity contribution in [2.24, 2.45) is 5.92 Å². The molecule has 1 fully saturated rings. The molecule has 1 aliphatic rings. The zero-order valence-corrected chi connectivity index (χ0v) is 12.5. The van der Waals surface area contributed by atoms with Gasteiger partial charge in [0.2, 0.25) is 5.91 Å². The summed E-state index contributed by atoms with van der Waals surface area (Å²) < 4.78 is 29.1. The Bertz CT molecular complexity index is 517. The lowest BCUT2D eigenvalue weighted by molar-refractivity contribution is -0.120. The van der Waals surface area contributed by atoms with Crippen LogP contribution >= 0.6 is 0 Å². The van der Waals surface area contributed by atoms with Crippen LogP contribution in [0.1, 0.15) is 13.8 Å². The maximum absolute atomic E-state index is 12.4. The molecule has 0 spiro atoms. The van der Waals surface area contributed by atoms with E-state index in [4.69, 9.17) is 0 Å². The molecule has 122 valence electrons. The highest BCUT2D eigenvalue weighted by Crippen LogP contribution is 2.26. The number of rotatable bonds is 5. The average molecular weight is 314 g/mol. The number of hydrogen-bond donors (Lipinski definition) is 2. The van der Waals surface area contributed by atoms with Crippen LogP contribution in [0, 0.1) is 5.92 Å². The number of nitrogens with one attached hydrogen (secondary N) is 1. The molecule has 1 aliphatic heterocycles. The lowest BCUT2D eigenvalue weighted by atomic mass is 10.1. The molecule has 3 atom stereocenters. The van der Waals surface area contributed by atoms with Crippen molar-refractivity contribution in [2.75, 3.05) is 18.4 Å². The summed E-state index contributed by atoms with van der Waals surface area (Å²) >= 11 is 0. The van der Waals surface area contributed by atoms with Crippen molar-refractivity contribution in [2.45, 2.75) is 32.6 Å². The van der Waals surface area contributed by atoms with Crippen molar-refractivity contribution in [3.05, 3.63) is 24.3 Å². The van der Waals surface area contributed by atoms with Gasteiger partial charge in [-0.1, -0.05) is 19.1 Å². The fraction of sp³-hybridized carbons (Fsp3) is 0.533. The van der Waals surface area contributed by atoms with E-state index in [1.54, 1.807) is 19.1 Å². The summed E-state index contributed by atoms with van der Waals surface area (Å²) in [6.45, 7) is 1.72. The molecule has 1 heterocycles. The number of carbonyl (C=O) groups excluding carboxylic acids is 1. The Balaban J connectivity index is 2.03. The second kappa shape index (κ2) is 7.02. The fourth-order valence-corrected chi connectivity index (χ4v) is 2.47. The molecular weight excluding hydrogens is 294 g/mol. The van der Waals surface area contributed by atoms with Gasteiger partial charge in [0.25, 0.3) is 0 Å². The van der Waals surface area contributed by atoms with E-state index < -0.39 is 18.8 Å². The second-order valence-electron chi connectivity index (χ2n) is 5.54. The largest absolute Gasteiger partial charge is 0.433 e. The second-order valence-corrected chi connectivity index (χ2v) is 5.54. The summed E-state index contributed by atoms with van der Waals surface area (Å²) in [6, 6.07) is 5.58. The van der Waals surface area contributed by atoms with Crippen molar-refractivity contribution in [1.29, 1.82) is 0 Å². The minimum atomic E-state index is -2.95. The number of amides is 1. The number of aliphatic hydroxyl groups is 1. The third-order valence-electron chi connectivity index (χ3n) is 3.89. The monoisotopic (exact) mass is 314 g/mol. The molecular formula is C15H20F2N2O3. The van der Waals surface area contributed by atoms with Gasteiger partial charge in [-0.25, -0.2) is 0 Å². The van der Waals surface area contributed by atoms with E-state index in [9.17, 15) is 18.7 Å². The molecule has 0 aliphatic carbocycles. The van der Waals surface area contributed by atoms with Crippen LogP contribution in [0.3, 0.4) is 0 Å². The number of nitrogens with zero attached hydrogens (tertiary/aromatic N) is 1. The van der Waals surface area contributed by atoms with Crippen LogP contribution < -0.4 is 10.1 Å². The number of alkyl halides is 2. The number of likely N-dealkylation sites (tertiary alicyclic amines) is 1. The summed E-state index contributed by atoms with van der Waals surface area (Å²) in [5, 5.41) is 12.4. The van der Waals surface area contributed by atoms with Gasteiger partial charge in [0.05, 0.1) is 17.8 Å². The zero-order chi connectivity index (χ0) is 16.3. The summed E-state index contributed by atoms with van der Waals surface area (Å²) in [5.74, 6) is -0.302. The number of β-amino-alcohol motifs (C(OH)–C–C–N with tert-alkyl or cyclic N) is 1. The molecule has 1 amide bonds. The normalized spacial score (nSPS) is 23.5. The molecule has 7 heteroatoms. The number of anilines is 1. The van der Waals surface area contributed by atoms with Gasteiger partial charge < -0.3 is 15.2 Å². The Kier molecular flexibility index (Phi) is 5.31. The molecule has 5 nitrogen and oxygen atoms in total. The molecule has 0 unspecified atom stereocenters. The standard InChI is InChI=1S/C15H20F2N2O3/c1-9-7-19(8-12(9)20)10(2)14(21)18-11-5-3-4-6-13(11)22-15(16)17/h3-6,9-10,12,15,20H,7-8H2,1-2H3,(H,18,21)/t9-,10-,12-/m1/s1. The summed E-state index contributed by atoms with van der Waals surface area (Å²) in [4.78, 5) is 14.1. The third-order valence-corrected chi connectivity index (χ3v) is 3.89. The first-order valence-electron chi connectivity index (χ1n) is 7.15. The predicted octanol–water partition coefficient (Wildman–Crippen LogP) is 1.93. The van der Waals surface area contributed by atoms with Gasteiger partial charge in [-0.05, 0) is 25.0 Å². The highest BCUT2D eigenvalue weighted by molar-refractivity contribution is 5.95. The molecule has 0 aromatic heterocycles. The van der Waals surface area contributed by atoms with E-state index in [1.165, 1.54) is 12.1 Å². The van der Waals surface area contributed by atoms with Crippen molar-refractivity contribution in [3.8, 4) is 5.75 Å². The minimum absolute atomic E-state index is 0.0760. The van der Waals surface area contributed by atoms with Gasteiger partial charge in [-0.3, -0.25) is 9.69 Å². The number of benzene rings is 1. The first-order valence-corrected chi connectivity index (χ1v) is 7.15. The topological polar surface area (TPSA) is 61.8 Å². The maximum atomic E-state index is 12.4. The molecule has 0 saturated carbocycles. The van der Waals surface area contributed by atoms with Crippen molar-refractivity contribution in [1.82, 2.24) is 4.90 Å². The van der Waals surface area contributed by atoms with Crippen molar-refractivity contribution in [3.63, 3.8) is 0 Å². The van der Waals surface area contributed by atoms with E-state index in [2.05, 4.69) is 10.1 Å². The van der Waals surface area contributed by atoms with E-state index in [-0.39, 0.29) is 23.3 Å². The quantitative estimate of drug-likeness (QED) is 0.872. The molecule has 0 bridgehead atoms. The number of hydrogen-bond acceptors (Lipinski definition) is 4. The SMILES string of the molecule is C[C@@H]1CN([C@H](C)C(=O)Nc2ccccc2OC(F)F)C[C@H]1O. The number of para-hydroxylation sites is 2. The van der Waals surface area contributed by atoms with Crippen LogP contribution in [0.15, 0.2) is 24.3 Å². The summed E-state index contributed by atoms with van der Waals surface area (Å²) in [7, 11) is 0. The highest BCUT2D eigenvalue weighted by atomic mass is 19.3. The zero-order valence-electron chi connectivity index (χ0n) is 12.5. The fourth-order valence-electron chi connectivity index (χ4n) is 2.47. The van der Waals surface area contributed by atoms with Gasteiger partial charge in [0, 0.05) is 13.1 Å². The third kappa shape index (κ3) is 3.92. The molecule has 2 N–H and O–H groups in total. The van der Waals surface area contributed by atoms with Gasteiger partial charge in [-0.15, -0.1) is 0 Å². The Morgan fingerprint density at radius 1 is 1.41 bits per heavy atom. The van der Waals surface area contributed by atoms with Crippen LogP contribution in [0.4, 0.5) is 14.5 Å². The van der Waals surface area contributed by atoms with E-state index >= 15 is 0 Å². The number of carbonyl (C=O) groups is 1. The Morgan fingerprint density at radius 2 is 2.09 bits per heavy atom. The van der Waals surface area contributed by atoms with Gasteiger partial charge in [-0.2, -0.15) is 8.78 Å². The molecule has 2 rings (SSSR count). The van der Waals surface area contributed by atoms with Crippen LogP contribution in [-0.2, 0) is 4.79 Å². The van der Waals surface area contributed by atoms with Gasteiger partial charge in [0.15, 0.2) is 0 Å². The molecule has 1 saturated heterocycles. The number of ether oxygens (including phenoxy) is 1. The van der Waals surface area contributed by atoms with Crippen LogP contribution in [0.2, 0.25) is 0 Å². The molecule has 1 aromatic rings. The Labute approximate surface area is 127 Å². The Hall–Kier alpha value is -1.73. The summed E-state index contributed by atoms with van der Waals surface area (Å²) in [6.07, 6.45) is -0.454. The molecule has 0 radical (unpaired) electrons. The van der Waals surface area contributed by atoms with Crippen molar-refractivity contribution < 1.29 is 23.4 Å². The van der Waals surface area contributed by atoms with Crippen LogP contribution in [-0.4, -0.2) is 47.8 Å². The number of aliphatic hydroxyl groups excluding tert-OH is 1. The van der Waals surface area contributed by atoms with E-state index in [1.807, 2.05) is 11.8 Å². The Morgan fingerprint density at radius 3 is 2.68 bits per heavy atom.